The highest BCUT2D eigenvalue weighted by molar-refractivity contribution is 6.33. The molecular formula is C14H8ClNO6. The number of carbonyl (C=O) groups is 2. The van der Waals surface area contributed by atoms with Gasteiger partial charge in [-0.05, 0) is 29.3 Å². The Morgan fingerprint density at radius 1 is 0.955 bits per heavy atom. The van der Waals surface area contributed by atoms with Crippen molar-refractivity contribution in [3.63, 3.8) is 0 Å². The van der Waals surface area contributed by atoms with Crippen LogP contribution in [0.4, 0.5) is 5.69 Å². The molecular weight excluding hydrogens is 314 g/mol. The third-order valence-electron chi connectivity index (χ3n) is 2.95. The maximum Gasteiger partial charge on any atom is 0.342 e. The van der Waals surface area contributed by atoms with E-state index in [1.165, 1.54) is 24.3 Å². The van der Waals surface area contributed by atoms with Crippen molar-refractivity contribution in [3.05, 3.63) is 62.7 Å². The van der Waals surface area contributed by atoms with Gasteiger partial charge in [0.15, 0.2) is 0 Å². The zero-order valence-electron chi connectivity index (χ0n) is 10.8. The molecule has 0 radical (unpaired) electrons. The molecule has 0 heterocycles. The molecule has 0 aliphatic carbocycles. The van der Waals surface area contributed by atoms with Gasteiger partial charge in [0.05, 0.1) is 15.5 Å². The Balaban J connectivity index is 2.61. The molecule has 2 rings (SSSR count). The molecule has 2 N–H and O–H groups in total. The van der Waals surface area contributed by atoms with E-state index in [4.69, 9.17) is 21.8 Å². The van der Waals surface area contributed by atoms with Gasteiger partial charge >= 0.3 is 11.9 Å². The van der Waals surface area contributed by atoms with Gasteiger partial charge < -0.3 is 10.2 Å². The van der Waals surface area contributed by atoms with Crippen molar-refractivity contribution in [2.24, 2.45) is 0 Å². The highest BCUT2D eigenvalue weighted by Gasteiger charge is 2.21. The second kappa shape index (κ2) is 5.82. The van der Waals surface area contributed by atoms with Gasteiger partial charge in [0.25, 0.3) is 5.69 Å². The first kappa shape index (κ1) is 15.5. The van der Waals surface area contributed by atoms with Crippen molar-refractivity contribution in [2.45, 2.75) is 0 Å². The average Bonchev–Trinajstić information content (AvgIpc) is 2.46. The van der Waals surface area contributed by atoms with Crippen LogP contribution in [0.5, 0.6) is 0 Å². The van der Waals surface area contributed by atoms with Gasteiger partial charge in [-0.25, -0.2) is 9.59 Å². The Morgan fingerprint density at radius 2 is 1.50 bits per heavy atom. The quantitative estimate of drug-likeness (QED) is 0.658. The van der Waals surface area contributed by atoms with Crippen molar-refractivity contribution < 1.29 is 24.7 Å². The van der Waals surface area contributed by atoms with Crippen LogP contribution in [0.15, 0.2) is 36.4 Å². The van der Waals surface area contributed by atoms with E-state index in [-0.39, 0.29) is 10.6 Å². The molecule has 2 aromatic carbocycles. The Bertz CT molecular complexity index is 802. The number of hydrogen-bond acceptors (Lipinski definition) is 4. The van der Waals surface area contributed by atoms with Crippen LogP contribution < -0.4 is 0 Å². The third-order valence-corrected chi connectivity index (χ3v) is 3.28. The SMILES string of the molecule is O=C(O)c1cc(-c2ccc(C(=O)O)c([N+](=O)[O-])c2)ccc1Cl. The summed E-state index contributed by atoms with van der Waals surface area (Å²) in [4.78, 5) is 32.2. The third kappa shape index (κ3) is 2.89. The maximum atomic E-state index is 11.1. The molecule has 0 fully saturated rings. The molecule has 0 bridgehead atoms. The molecule has 0 amide bonds. The van der Waals surface area contributed by atoms with Crippen LogP contribution >= 0.6 is 11.6 Å². The van der Waals surface area contributed by atoms with E-state index < -0.39 is 28.1 Å². The largest absolute Gasteiger partial charge is 0.478 e. The molecule has 0 saturated carbocycles. The summed E-state index contributed by atoms with van der Waals surface area (Å²) in [5.41, 5.74) is -0.472. The molecule has 7 nitrogen and oxygen atoms in total. The lowest BCUT2D eigenvalue weighted by molar-refractivity contribution is -0.385. The zero-order valence-corrected chi connectivity index (χ0v) is 11.6. The van der Waals surface area contributed by atoms with Crippen LogP contribution in [0.3, 0.4) is 0 Å². The summed E-state index contributed by atoms with van der Waals surface area (Å²) in [6.07, 6.45) is 0. The van der Waals surface area contributed by atoms with Gasteiger partial charge in [0, 0.05) is 6.07 Å². The fraction of sp³-hybridized carbons (Fsp3) is 0. The molecule has 2 aromatic rings. The normalized spacial score (nSPS) is 10.2. The van der Waals surface area contributed by atoms with E-state index in [2.05, 4.69) is 0 Å². The summed E-state index contributed by atoms with van der Waals surface area (Å²) in [6.45, 7) is 0. The monoisotopic (exact) mass is 321 g/mol. The molecule has 112 valence electrons. The van der Waals surface area contributed by atoms with Crippen molar-refractivity contribution in [1.29, 1.82) is 0 Å². The van der Waals surface area contributed by atoms with Crippen LogP contribution in [0.2, 0.25) is 5.02 Å². The lowest BCUT2D eigenvalue weighted by Gasteiger charge is -2.06. The van der Waals surface area contributed by atoms with Gasteiger partial charge in [0.1, 0.15) is 5.56 Å². The van der Waals surface area contributed by atoms with Gasteiger partial charge in [-0.2, -0.15) is 0 Å². The first-order valence-corrected chi connectivity index (χ1v) is 6.24. The molecule has 22 heavy (non-hydrogen) atoms. The fourth-order valence-electron chi connectivity index (χ4n) is 1.91. The molecule has 0 aliphatic rings. The number of halogens is 1. The van der Waals surface area contributed by atoms with Crippen LogP contribution in [-0.4, -0.2) is 27.1 Å². The second-order valence-corrected chi connectivity index (χ2v) is 4.70. The number of rotatable bonds is 4. The Kier molecular flexibility index (Phi) is 4.09. The Labute approximate surface area is 128 Å². The number of nitrogens with zero attached hydrogens (tertiary/aromatic N) is 1. The summed E-state index contributed by atoms with van der Waals surface area (Å²) >= 11 is 5.76. The highest BCUT2D eigenvalue weighted by atomic mass is 35.5. The van der Waals surface area contributed by atoms with E-state index in [0.717, 1.165) is 12.1 Å². The first-order valence-electron chi connectivity index (χ1n) is 5.86. The van der Waals surface area contributed by atoms with Crippen molar-refractivity contribution in [2.75, 3.05) is 0 Å². The lowest BCUT2D eigenvalue weighted by Crippen LogP contribution is -2.03. The summed E-state index contributed by atoms with van der Waals surface area (Å²) < 4.78 is 0. The molecule has 0 aromatic heterocycles. The minimum atomic E-state index is -1.42. The van der Waals surface area contributed by atoms with E-state index >= 15 is 0 Å². The zero-order chi connectivity index (χ0) is 16.4. The maximum absolute atomic E-state index is 11.1. The Morgan fingerprint density at radius 3 is 2.05 bits per heavy atom. The summed E-state index contributed by atoms with van der Waals surface area (Å²) in [6, 6.07) is 7.67. The van der Waals surface area contributed by atoms with Gasteiger partial charge in [-0.15, -0.1) is 0 Å². The second-order valence-electron chi connectivity index (χ2n) is 4.29. The molecule has 0 spiro atoms. The smallest absolute Gasteiger partial charge is 0.342 e. The van der Waals surface area contributed by atoms with Crippen molar-refractivity contribution >= 4 is 29.2 Å². The highest BCUT2D eigenvalue weighted by Crippen LogP contribution is 2.30. The van der Waals surface area contributed by atoms with Crippen LogP contribution in [0, 0.1) is 10.1 Å². The molecule has 0 atom stereocenters. The molecule has 8 heteroatoms. The number of carboxylic acids is 2. The standard InChI is InChI=1S/C14H8ClNO6/c15-11-4-2-7(5-10(11)14(19)20)8-1-3-9(13(17)18)12(6-8)16(21)22/h1-6H,(H,17,18)(H,19,20). The molecule has 0 aliphatic heterocycles. The fourth-order valence-corrected chi connectivity index (χ4v) is 2.11. The van der Waals surface area contributed by atoms with Crippen LogP contribution in [0.25, 0.3) is 11.1 Å². The van der Waals surface area contributed by atoms with Crippen molar-refractivity contribution in [3.8, 4) is 11.1 Å². The van der Waals surface area contributed by atoms with Crippen molar-refractivity contribution in [1.82, 2.24) is 0 Å². The number of nitro benzene ring substituents is 1. The van der Waals surface area contributed by atoms with E-state index in [0.29, 0.717) is 11.1 Å². The summed E-state index contributed by atoms with van der Waals surface area (Å²) in [5.74, 6) is -2.65. The van der Waals surface area contributed by atoms with E-state index in [1.54, 1.807) is 0 Å². The van der Waals surface area contributed by atoms with Crippen LogP contribution in [0.1, 0.15) is 20.7 Å². The minimum absolute atomic E-state index is 0.0351. The van der Waals surface area contributed by atoms with Crippen LogP contribution in [-0.2, 0) is 0 Å². The number of hydrogen-bond donors (Lipinski definition) is 2. The van der Waals surface area contributed by atoms with E-state index in [9.17, 15) is 19.7 Å². The van der Waals surface area contributed by atoms with E-state index in [1.807, 2.05) is 0 Å². The predicted octanol–water partition coefficient (Wildman–Crippen LogP) is 3.31. The number of carboxylic acid groups (broad SMARTS) is 2. The minimum Gasteiger partial charge on any atom is -0.478 e. The van der Waals surface area contributed by atoms with Gasteiger partial charge in [-0.1, -0.05) is 23.7 Å². The lowest BCUT2D eigenvalue weighted by atomic mass is 10.0. The Hall–Kier alpha value is -2.93. The number of aromatic carboxylic acids is 2. The molecule has 0 saturated heterocycles. The number of benzene rings is 2. The predicted molar refractivity (Wildman–Crippen MR) is 77.5 cm³/mol. The topological polar surface area (TPSA) is 118 Å². The summed E-state index contributed by atoms with van der Waals surface area (Å²) in [5, 5.41) is 29.0. The number of nitro groups is 1. The van der Waals surface area contributed by atoms with Gasteiger partial charge in [-0.3, -0.25) is 10.1 Å². The molecule has 0 unspecified atom stereocenters. The average molecular weight is 322 g/mol. The summed E-state index contributed by atoms with van der Waals surface area (Å²) in [7, 11) is 0. The first-order chi connectivity index (χ1) is 10.3. The van der Waals surface area contributed by atoms with Gasteiger partial charge in [0.2, 0.25) is 0 Å².